The molecule has 0 unspecified atom stereocenters. The van der Waals surface area contributed by atoms with Gasteiger partial charge in [-0.2, -0.15) is 5.10 Å². The summed E-state index contributed by atoms with van der Waals surface area (Å²) in [7, 11) is 0. The SMILES string of the molecule is CC(=O)NCC[C@@H]1CCCN(Cc2ccc(-c3ccn[nH]3)o2)C1. The molecule has 0 spiro atoms. The van der Waals surface area contributed by atoms with Gasteiger partial charge in [-0.15, -0.1) is 0 Å². The fourth-order valence-electron chi connectivity index (χ4n) is 3.20. The average molecular weight is 316 g/mol. The summed E-state index contributed by atoms with van der Waals surface area (Å²) in [5.41, 5.74) is 0.906. The molecule has 0 radical (unpaired) electrons. The van der Waals surface area contributed by atoms with Gasteiger partial charge in [0.05, 0.1) is 6.54 Å². The van der Waals surface area contributed by atoms with E-state index in [0.29, 0.717) is 5.92 Å². The average Bonchev–Trinajstić information content (AvgIpc) is 3.18. The molecule has 6 nitrogen and oxygen atoms in total. The van der Waals surface area contributed by atoms with Crippen molar-refractivity contribution in [3.8, 4) is 11.5 Å². The molecule has 0 aromatic carbocycles. The standard InChI is InChI=1S/C17H24N4O2/c1-13(22)18-8-6-14-3-2-10-21(11-14)12-15-4-5-17(23-15)16-7-9-19-20-16/h4-5,7,9,14H,2-3,6,8,10-12H2,1H3,(H,18,22)(H,19,20)/t14-/m0/s1. The lowest BCUT2D eigenvalue weighted by molar-refractivity contribution is -0.119. The van der Waals surface area contributed by atoms with Gasteiger partial charge in [-0.25, -0.2) is 0 Å². The molecule has 0 saturated carbocycles. The Morgan fingerprint density at radius 1 is 1.48 bits per heavy atom. The summed E-state index contributed by atoms with van der Waals surface area (Å²) in [5, 5.41) is 9.76. The molecule has 3 heterocycles. The van der Waals surface area contributed by atoms with Crippen LogP contribution in [0.4, 0.5) is 0 Å². The van der Waals surface area contributed by atoms with Gasteiger partial charge in [0.2, 0.25) is 5.91 Å². The quantitative estimate of drug-likeness (QED) is 0.858. The number of nitrogens with zero attached hydrogens (tertiary/aromatic N) is 2. The van der Waals surface area contributed by atoms with Crippen molar-refractivity contribution in [1.29, 1.82) is 0 Å². The maximum atomic E-state index is 10.9. The third-order valence-electron chi connectivity index (χ3n) is 4.34. The summed E-state index contributed by atoms with van der Waals surface area (Å²) in [6, 6.07) is 5.93. The van der Waals surface area contributed by atoms with Gasteiger partial charge in [-0.1, -0.05) is 0 Å². The molecular formula is C17H24N4O2. The minimum Gasteiger partial charge on any atom is -0.458 e. The summed E-state index contributed by atoms with van der Waals surface area (Å²) in [6.45, 7) is 5.36. The van der Waals surface area contributed by atoms with Gasteiger partial charge < -0.3 is 9.73 Å². The van der Waals surface area contributed by atoms with Crippen LogP contribution in [-0.2, 0) is 11.3 Å². The van der Waals surface area contributed by atoms with E-state index in [1.807, 2.05) is 18.2 Å². The maximum absolute atomic E-state index is 10.9. The van der Waals surface area contributed by atoms with Crippen LogP contribution in [0.1, 0.15) is 31.9 Å². The van der Waals surface area contributed by atoms with Crippen LogP contribution in [-0.4, -0.2) is 40.6 Å². The predicted molar refractivity (Wildman–Crippen MR) is 87.6 cm³/mol. The number of aromatic amines is 1. The molecule has 6 heteroatoms. The maximum Gasteiger partial charge on any atom is 0.216 e. The molecular weight excluding hydrogens is 292 g/mol. The molecule has 0 bridgehead atoms. The van der Waals surface area contributed by atoms with Crippen LogP contribution in [0, 0.1) is 5.92 Å². The van der Waals surface area contributed by atoms with E-state index in [-0.39, 0.29) is 5.91 Å². The van der Waals surface area contributed by atoms with Crippen molar-refractivity contribution >= 4 is 5.91 Å². The Morgan fingerprint density at radius 3 is 3.17 bits per heavy atom. The highest BCUT2D eigenvalue weighted by atomic mass is 16.3. The summed E-state index contributed by atoms with van der Waals surface area (Å²) < 4.78 is 5.91. The van der Waals surface area contributed by atoms with Gasteiger partial charge in [-0.05, 0) is 49.9 Å². The van der Waals surface area contributed by atoms with Crippen molar-refractivity contribution < 1.29 is 9.21 Å². The molecule has 1 aliphatic heterocycles. The Labute approximate surface area is 136 Å². The van der Waals surface area contributed by atoms with Crippen LogP contribution in [0.15, 0.2) is 28.8 Å². The number of hydrogen-bond donors (Lipinski definition) is 2. The van der Waals surface area contributed by atoms with Gasteiger partial charge in [0, 0.05) is 26.2 Å². The van der Waals surface area contributed by atoms with Crippen LogP contribution in [0.2, 0.25) is 0 Å². The van der Waals surface area contributed by atoms with Crippen molar-refractivity contribution in [1.82, 2.24) is 20.4 Å². The number of amides is 1. The first kappa shape index (κ1) is 15.8. The highest BCUT2D eigenvalue weighted by molar-refractivity contribution is 5.72. The number of nitrogens with one attached hydrogen (secondary N) is 2. The Balaban J connectivity index is 1.50. The van der Waals surface area contributed by atoms with Crippen LogP contribution in [0.5, 0.6) is 0 Å². The largest absolute Gasteiger partial charge is 0.458 e. The number of carbonyl (C=O) groups excluding carboxylic acids is 1. The van der Waals surface area contributed by atoms with Gasteiger partial charge in [0.25, 0.3) is 0 Å². The minimum absolute atomic E-state index is 0.0552. The summed E-state index contributed by atoms with van der Waals surface area (Å²) >= 11 is 0. The van der Waals surface area contributed by atoms with E-state index in [1.165, 1.54) is 12.8 Å². The van der Waals surface area contributed by atoms with Gasteiger partial charge in [0.1, 0.15) is 11.5 Å². The molecule has 23 heavy (non-hydrogen) atoms. The lowest BCUT2D eigenvalue weighted by Crippen LogP contribution is -2.36. The van der Waals surface area contributed by atoms with E-state index < -0.39 is 0 Å². The van der Waals surface area contributed by atoms with E-state index in [9.17, 15) is 4.79 Å². The summed E-state index contributed by atoms with van der Waals surface area (Å²) in [6.07, 6.45) is 5.22. The number of likely N-dealkylation sites (tertiary alicyclic amines) is 1. The van der Waals surface area contributed by atoms with Crippen LogP contribution >= 0.6 is 0 Å². The Bertz CT molecular complexity index is 620. The Hall–Kier alpha value is -2.08. The van der Waals surface area contributed by atoms with Gasteiger partial charge in [0.15, 0.2) is 5.76 Å². The normalized spacial score (nSPS) is 18.9. The van der Waals surface area contributed by atoms with Crippen molar-refractivity contribution in [2.45, 2.75) is 32.7 Å². The van der Waals surface area contributed by atoms with Crippen LogP contribution in [0.3, 0.4) is 0 Å². The van der Waals surface area contributed by atoms with Gasteiger partial charge >= 0.3 is 0 Å². The topological polar surface area (TPSA) is 74.2 Å². The number of H-pyrrole nitrogens is 1. The first-order chi connectivity index (χ1) is 11.2. The van der Waals surface area contributed by atoms with Crippen molar-refractivity contribution in [3.63, 3.8) is 0 Å². The Kier molecular flexibility index (Phi) is 5.12. The molecule has 1 fully saturated rings. The molecule has 2 aromatic heterocycles. The molecule has 1 saturated heterocycles. The zero-order valence-corrected chi connectivity index (χ0v) is 13.5. The molecule has 1 aliphatic rings. The van der Waals surface area contributed by atoms with Crippen LogP contribution < -0.4 is 5.32 Å². The third-order valence-corrected chi connectivity index (χ3v) is 4.34. The molecule has 2 aromatic rings. The van der Waals surface area contributed by atoms with E-state index in [0.717, 1.165) is 49.8 Å². The summed E-state index contributed by atoms with van der Waals surface area (Å²) in [5.74, 6) is 2.52. The zero-order chi connectivity index (χ0) is 16.1. The highest BCUT2D eigenvalue weighted by Crippen LogP contribution is 2.24. The number of carbonyl (C=O) groups is 1. The molecule has 3 rings (SSSR count). The van der Waals surface area contributed by atoms with Crippen LogP contribution in [0.25, 0.3) is 11.5 Å². The first-order valence-corrected chi connectivity index (χ1v) is 8.26. The number of hydrogen-bond acceptors (Lipinski definition) is 4. The molecule has 2 N–H and O–H groups in total. The number of piperidine rings is 1. The predicted octanol–water partition coefficient (Wildman–Crippen LogP) is 2.41. The lowest BCUT2D eigenvalue weighted by Gasteiger charge is -2.32. The fraction of sp³-hybridized carbons (Fsp3) is 0.529. The van der Waals surface area contributed by atoms with E-state index in [4.69, 9.17) is 4.42 Å². The Morgan fingerprint density at radius 2 is 2.39 bits per heavy atom. The van der Waals surface area contributed by atoms with Gasteiger partial charge in [-0.3, -0.25) is 14.8 Å². The second kappa shape index (κ2) is 7.46. The second-order valence-electron chi connectivity index (χ2n) is 6.25. The molecule has 1 amide bonds. The van der Waals surface area contributed by atoms with Crippen molar-refractivity contribution in [2.75, 3.05) is 19.6 Å². The third kappa shape index (κ3) is 4.45. The van der Waals surface area contributed by atoms with E-state index in [1.54, 1.807) is 13.1 Å². The number of rotatable bonds is 6. The molecule has 0 aliphatic carbocycles. The zero-order valence-electron chi connectivity index (χ0n) is 13.5. The first-order valence-electron chi connectivity index (χ1n) is 8.26. The highest BCUT2D eigenvalue weighted by Gasteiger charge is 2.20. The molecule has 124 valence electrons. The number of furan rings is 1. The smallest absolute Gasteiger partial charge is 0.216 e. The minimum atomic E-state index is 0.0552. The fourth-order valence-corrected chi connectivity index (χ4v) is 3.20. The van der Waals surface area contributed by atoms with E-state index in [2.05, 4.69) is 20.4 Å². The van der Waals surface area contributed by atoms with Crippen molar-refractivity contribution in [2.24, 2.45) is 5.92 Å². The van der Waals surface area contributed by atoms with E-state index >= 15 is 0 Å². The molecule has 1 atom stereocenters. The second-order valence-corrected chi connectivity index (χ2v) is 6.25. The number of aromatic nitrogens is 2. The van der Waals surface area contributed by atoms with Crippen molar-refractivity contribution in [3.05, 3.63) is 30.2 Å². The lowest BCUT2D eigenvalue weighted by atomic mass is 9.94. The summed E-state index contributed by atoms with van der Waals surface area (Å²) in [4.78, 5) is 13.4. The monoisotopic (exact) mass is 316 g/mol.